The van der Waals surface area contributed by atoms with Gasteiger partial charge in [0, 0.05) is 36.3 Å². The highest BCUT2D eigenvalue weighted by molar-refractivity contribution is 5.99. The van der Waals surface area contributed by atoms with Crippen LogP contribution in [0.5, 0.6) is 5.75 Å². The van der Waals surface area contributed by atoms with Crippen LogP contribution in [0.15, 0.2) is 66.7 Å². The summed E-state index contributed by atoms with van der Waals surface area (Å²) >= 11 is 0. The van der Waals surface area contributed by atoms with Gasteiger partial charge in [-0.2, -0.15) is 0 Å². The Labute approximate surface area is 223 Å². The molecule has 3 atom stereocenters. The number of ether oxygens (including phenoxy) is 1. The second kappa shape index (κ2) is 11.7. The smallest absolute Gasteiger partial charge is 0.253 e. The standard InChI is InChI=1S/C31H35N3O4/c1-38-26-16-14-22(15-17-26)29(35)32-27-10-4-5-11-28(27)33-30(36)25-9-6-18-34(20-25)31(37)24-13-12-21-7-2-3-8-23(21)19-24/h2-3,7-8,12-17,19,25,27-28H,4-6,9-11,18,20H2,1H3,(H,32,35)(H,33,36)/t25-,27+,28+/m0/s1. The van der Waals surface area contributed by atoms with Crippen molar-refractivity contribution in [2.24, 2.45) is 5.92 Å². The first-order chi connectivity index (χ1) is 18.5. The SMILES string of the molecule is COc1ccc(C(=O)N[C@@H]2CCCC[C@H]2NC(=O)[C@H]2CCCN(C(=O)c3ccc4ccccc4c3)C2)cc1. The molecule has 7 heteroatoms. The van der Waals surface area contributed by atoms with E-state index in [0.29, 0.717) is 30.0 Å². The maximum Gasteiger partial charge on any atom is 0.253 e. The molecule has 3 aromatic carbocycles. The van der Waals surface area contributed by atoms with E-state index in [-0.39, 0.29) is 35.7 Å². The minimum atomic E-state index is -0.256. The number of nitrogens with one attached hydrogen (secondary N) is 2. The van der Waals surface area contributed by atoms with E-state index in [4.69, 9.17) is 4.74 Å². The molecule has 0 spiro atoms. The van der Waals surface area contributed by atoms with Crippen molar-refractivity contribution in [1.82, 2.24) is 15.5 Å². The third-order valence-corrected chi connectivity index (χ3v) is 7.84. The number of carbonyl (C=O) groups is 3. The molecule has 5 rings (SSSR count). The molecule has 2 aliphatic rings. The predicted octanol–water partition coefficient (Wildman–Crippen LogP) is 4.56. The van der Waals surface area contributed by atoms with Crippen molar-refractivity contribution in [3.63, 3.8) is 0 Å². The Bertz CT molecular complexity index is 1310. The zero-order valence-corrected chi connectivity index (χ0v) is 21.8. The van der Waals surface area contributed by atoms with Crippen molar-refractivity contribution in [2.45, 2.75) is 50.6 Å². The van der Waals surface area contributed by atoms with E-state index < -0.39 is 0 Å². The summed E-state index contributed by atoms with van der Waals surface area (Å²) in [4.78, 5) is 41.3. The molecule has 0 aromatic heterocycles. The third-order valence-electron chi connectivity index (χ3n) is 7.84. The molecule has 1 heterocycles. The van der Waals surface area contributed by atoms with Crippen molar-refractivity contribution in [3.05, 3.63) is 77.9 Å². The summed E-state index contributed by atoms with van der Waals surface area (Å²) < 4.78 is 5.18. The minimum Gasteiger partial charge on any atom is -0.497 e. The number of methoxy groups -OCH3 is 1. The highest BCUT2D eigenvalue weighted by Gasteiger charge is 2.33. The van der Waals surface area contributed by atoms with Gasteiger partial charge in [0.25, 0.3) is 11.8 Å². The number of amides is 3. The lowest BCUT2D eigenvalue weighted by Gasteiger charge is -2.36. The maximum absolute atomic E-state index is 13.3. The molecule has 3 amide bonds. The molecule has 1 saturated carbocycles. The number of fused-ring (bicyclic) bond motifs is 1. The largest absolute Gasteiger partial charge is 0.497 e. The Kier molecular flexibility index (Phi) is 7.91. The second-order valence-corrected chi connectivity index (χ2v) is 10.4. The molecule has 198 valence electrons. The summed E-state index contributed by atoms with van der Waals surface area (Å²) in [5.41, 5.74) is 1.22. The molecular formula is C31H35N3O4. The number of carbonyl (C=O) groups excluding carboxylic acids is 3. The lowest BCUT2D eigenvalue weighted by Crippen LogP contribution is -2.55. The molecule has 0 radical (unpaired) electrons. The lowest BCUT2D eigenvalue weighted by molar-refractivity contribution is -0.127. The lowest BCUT2D eigenvalue weighted by atomic mass is 9.88. The van der Waals surface area contributed by atoms with Gasteiger partial charge in [-0.1, -0.05) is 43.2 Å². The van der Waals surface area contributed by atoms with Gasteiger partial charge in [-0.25, -0.2) is 0 Å². The highest BCUT2D eigenvalue weighted by atomic mass is 16.5. The molecular weight excluding hydrogens is 478 g/mol. The van der Waals surface area contributed by atoms with Gasteiger partial charge in [0.05, 0.1) is 13.0 Å². The number of likely N-dealkylation sites (tertiary alicyclic amines) is 1. The number of benzene rings is 3. The summed E-state index contributed by atoms with van der Waals surface area (Å²) in [5, 5.41) is 8.49. The van der Waals surface area contributed by atoms with Gasteiger partial charge >= 0.3 is 0 Å². The van der Waals surface area contributed by atoms with Crippen LogP contribution in [-0.4, -0.2) is 54.9 Å². The molecule has 1 aliphatic carbocycles. The predicted molar refractivity (Wildman–Crippen MR) is 147 cm³/mol. The molecule has 7 nitrogen and oxygen atoms in total. The molecule has 0 unspecified atom stereocenters. The van der Waals surface area contributed by atoms with Crippen LogP contribution in [0.4, 0.5) is 0 Å². The first kappa shape index (κ1) is 25.8. The van der Waals surface area contributed by atoms with Crippen LogP contribution in [0.1, 0.15) is 59.2 Å². The van der Waals surface area contributed by atoms with Gasteiger partial charge in [-0.15, -0.1) is 0 Å². The van der Waals surface area contributed by atoms with Gasteiger partial charge in [-0.3, -0.25) is 14.4 Å². The Hall–Kier alpha value is -3.87. The van der Waals surface area contributed by atoms with E-state index in [1.165, 1.54) is 0 Å². The topological polar surface area (TPSA) is 87.7 Å². The summed E-state index contributed by atoms with van der Waals surface area (Å²) in [6, 6.07) is 20.5. The van der Waals surface area contributed by atoms with E-state index in [1.54, 1.807) is 31.4 Å². The number of hydrogen-bond acceptors (Lipinski definition) is 4. The van der Waals surface area contributed by atoms with Gasteiger partial charge in [-0.05, 0) is 72.9 Å². The summed E-state index contributed by atoms with van der Waals surface area (Å²) in [6.07, 6.45) is 5.22. The molecule has 1 saturated heterocycles. The second-order valence-electron chi connectivity index (χ2n) is 10.4. The van der Waals surface area contributed by atoms with Gasteiger partial charge in [0.15, 0.2) is 0 Å². The number of rotatable bonds is 6. The fraction of sp³-hybridized carbons (Fsp3) is 0.387. The van der Waals surface area contributed by atoms with Crippen LogP contribution in [0.25, 0.3) is 10.8 Å². The zero-order valence-electron chi connectivity index (χ0n) is 21.8. The van der Waals surface area contributed by atoms with Crippen molar-refractivity contribution >= 4 is 28.5 Å². The molecule has 3 aromatic rings. The van der Waals surface area contributed by atoms with Crippen LogP contribution >= 0.6 is 0 Å². The Morgan fingerprint density at radius 2 is 1.47 bits per heavy atom. The molecule has 38 heavy (non-hydrogen) atoms. The van der Waals surface area contributed by atoms with Crippen molar-refractivity contribution in [3.8, 4) is 5.75 Å². The first-order valence-corrected chi connectivity index (χ1v) is 13.5. The first-order valence-electron chi connectivity index (χ1n) is 13.5. The average Bonchev–Trinajstić information content (AvgIpc) is 2.97. The number of nitrogens with zero attached hydrogens (tertiary/aromatic N) is 1. The fourth-order valence-electron chi connectivity index (χ4n) is 5.65. The van der Waals surface area contributed by atoms with Crippen LogP contribution in [-0.2, 0) is 4.79 Å². The van der Waals surface area contributed by atoms with E-state index in [2.05, 4.69) is 10.6 Å². The van der Waals surface area contributed by atoms with E-state index in [9.17, 15) is 14.4 Å². The molecule has 2 N–H and O–H groups in total. The summed E-state index contributed by atoms with van der Waals surface area (Å²) in [6.45, 7) is 1.06. The molecule has 2 fully saturated rings. The average molecular weight is 514 g/mol. The fourth-order valence-corrected chi connectivity index (χ4v) is 5.65. The number of hydrogen-bond donors (Lipinski definition) is 2. The summed E-state index contributed by atoms with van der Waals surface area (Å²) in [5.74, 6) is 0.230. The van der Waals surface area contributed by atoms with Crippen molar-refractivity contribution < 1.29 is 19.1 Å². The minimum absolute atomic E-state index is 0.0309. The zero-order chi connectivity index (χ0) is 26.5. The summed E-state index contributed by atoms with van der Waals surface area (Å²) in [7, 11) is 1.59. The Morgan fingerprint density at radius 3 is 2.21 bits per heavy atom. The number of piperidine rings is 1. The molecule has 1 aliphatic heterocycles. The third kappa shape index (κ3) is 5.82. The van der Waals surface area contributed by atoms with Crippen molar-refractivity contribution in [1.29, 1.82) is 0 Å². The van der Waals surface area contributed by atoms with Crippen LogP contribution in [0.3, 0.4) is 0 Å². The highest BCUT2D eigenvalue weighted by Crippen LogP contribution is 2.24. The van der Waals surface area contributed by atoms with Crippen LogP contribution < -0.4 is 15.4 Å². The van der Waals surface area contributed by atoms with E-state index in [0.717, 1.165) is 49.3 Å². The van der Waals surface area contributed by atoms with Crippen LogP contribution in [0.2, 0.25) is 0 Å². The normalized spacial score (nSPS) is 21.5. The molecule has 0 bridgehead atoms. The van der Waals surface area contributed by atoms with Crippen molar-refractivity contribution in [2.75, 3.05) is 20.2 Å². The van der Waals surface area contributed by atoms with E-state index in [1.807, 2.05) is 47.4 Å². The Balaban J connectivity index is 1.20. The van der Waals surface area contributed by atoms with Gasteiger partial charge in [0.1, 0.15) is 5.75 Å². The van der Waals surface area contributed by atoms with Gasteiger partial charge < -0.3 is 20.3 Å². The van der Waals surface area contributed by atoms with Gasteiger partial charge in [0.2, 0.25) is 5.91 Å². The quantitative estimate of drug-likeness (QED) is 0.506. The Morgan fingerprint density at radius 1 is 0.789 bits per heavy atom. The van der Waals surface area contributed by atoms with E-state index >= 15 is 0 Å². The van der Waals surface area contributed by atoms with Crippen LogP contribution in [0, 0.1) is 5.92 Å². The monoisotopic (exact) mass is 513 g/mol. The maximum atomic E-state index is 13.3.